The zero-order chi connectivity index (χ0) is 15.4. The maximum atomic E-state index is 13.1. The Morgan fingerprint density at radius 3 is 2.90 bits per heavy atom. The fourth-order valence-electron chi connectivity index (χ4n) is 1.88. The molecule has 0 atom stereocenters. The highest BCUT2D eigenvalue weighted by atomic mass is 79.9. The molecule has 0 spiro atoms. The summed E-state index contributed by atoms with van der Waals surface area (Å²) in [6.45, 7) is 0.651. The summed E-state index contributed by atoms with van der Waals surface area (Å²) in [5.41, 5.74) is 1.16. The molecule has 2 aromatic rings. The quantitative estimate of drug-likeness (QED) is 0.856. The molecule has 0 bridgehead atoms. The first-order chi connectivity index (χ1) is 10.0. The summed E-state index contributed by atoms with van der Waals surface area (Å²) in [6.07, 6.45) is 0.379. The van der Waals surface area contributed by atoms with Crippen LogP contribution < -0.4 is 0 Å². The van der Waals surface area contributed by atoms with Crippen LogP contribution in [0.25, 0.3) is 0 Å². The van der Waals surface area contributed by atoms with Gasteiger partial charge in [0.2, 0.25) is 0 Å². The Morgan fingerprint density at radius 1 is 1.52 bits per heavy atom. The van der Waals surface area contributed by atoms with E-state index in [1.54, 1.807) is 6.07 Å². The van der Waals surface area contributed by atoms with Gasteiger partial charge in [-0.3, -0.25) is 0 Å². The molecule has 1 aromatic carbocycles. The van der Waals surface area contributed by atoms with Crippen LogP contribution in [0.1, 0.15) is 21.7 Å². The number of carboxylic acid groups (broad SMARTS) is 1. The van der Waals surface area contributed by atoms with E-state index in [0.29, 0.717) is 29.7 Å². The second-order valence-electron chi connectivity index (χ2n) is 4.33. The van der Waals surface area contributed by atoms with Crippen molar-refractivity contribution in [2.24, 2.45) is 0 Å². The number of aromatic nitrogens is 3. The Balaban J connectivity index is 2.32. The fraction of sp³-hybridized carbons (Fsp3) is 0.308. The van der Waals surface area contributed by atoms with Gasteiger partial charge in [0.1, 0.15) is 5.82 Å². The summed E-state index contributed by atoms with van der Waals surface area (Å²) >= 11 is 3.28. The van der Waals surface area contributed by atoms with Crippen LogP contribution in [0.4, 0.5) is 4.39 Å². The highest BCUT2D eigenvalue weighted by Crippen LogP contribution is 2.20. The van der Waals surface area contributed by atoms with Gasteiger partial charge < -0.3 is 9.84 Å². The Hall–Kier alpha value is -1.80. The van der Waals surface area contributed by atoms with Crippen LogP contribution in [0.15, 0.2) is 22.7 Å². The van der Waals surface area contributed by atoms with Gasteiger partial charge >= 0.3 is 5.97 Å². The van der Waals surface area contributed by atoms with Crippen molar-refractivity contribution in [2.75, 3.05) is 13.7 Å². The molecule has 0 radical (unpaired) electrons. The van der Waals surface area contributed by atoms with Gasteiger partial charge in [0.15, 0.2) is 5.69 Å². The minimum atomic E-state index is -1.13. The van der Waals surface area contributed by atoms with Crippen LogP contribution in [0.5, 0.6) is 0 Å². The van der Waals surface area contributed by atoms with Crippen molar-refractivity contribution in [3.05, 3.63) is 45.4 Å². The molecule has 2 rings (SSSR count). The van der Waals surface area contributed by atoms with Gasteiger partial charge in [-0.2, -0.15) is 0 Å². The summed E-state index contributed by atoms with van der Waals surface area (Å²) in [5, 5.41) is 16.7. The van der Waals surface area contributed by atoms with E-state index in [-0.39, 0.29) is 11.5 Å². The zero-order valence-electron chi connectivity index (χ0n) is 11.2. The van der Waals surface area contributed by atoms with Gasteiger partial charge in [-0.1, -0.05) is 27.2 Å². The average molecular weight is 358 g/mol. The maximum Gasteiger partial charge on any atom is 0.358 e. The van der Waals surface area contributed by atoms with E-state index in [1.807, 2.05) is 0 Å². The molecular weight excluding hydrogens is 345 g/mol. The van der Waals surface area contributed by atoms with Crippen molar-refractivity contribution in [3.63, 3.8) is 0 Å². The number of ether oxygens (including phenoxy) is 1. The van der Waals surface area contributed by atoms with E-state index in [4.69, 9.17) is 9.84 Å². The number of halogens is 2. The Labute approximate surface area is 128 Å². The third kappa shape index (κ3) is 3.64. The lowest BCUT2D eigenvalue weighted by atomic mass is 10.2. The maximum absolute atomic E-state index is 13.1. The standard InChI is InChI=1S/C13H13BrFN3O3/c1-21-5-4-11-12(13(19)20)16-17-18(11)7-8-2-3-9(15)6-10(8)14/h2-3,6H,4-5,7H2,1H3,(H,19,20). The predicted molar refractivity (Wildman–Crippen MR) is 75.8 cm³/mol. The number of rotatable bonds is 6. The Bertz CT molecular complexity index is 660. The van der Waals surface area contributed by atoms with Crippen molar-refractivity contribution >= 4 is 21.9 Å². The number of nitrogens with zero attached hydrogens (tertiary/aromatic N) is 3. The van der Waals surface area contributed by atoms with Crippen LogP contribution in [0, 0.1) is 5.82 Å². The minimum Gasteiger partial charge on any atom is -0.476 e. The van der Waals surface area contributed by atoms with Crippen LogP contribution in [0.3, 0.4) is 0 Å². The number of carbonyl (C=O) groups is 1. The van der Waals surface area contributed by atoms with Gasteiger partial charge in [0.05, 0.1) is 18.8 Å². The molecule has 8 heteroatoms. The molecule has 0 saturated heterocycles. The highest BCUT2D eigenvalue weighted by molar-refractivity contribution is 9.10. The molecule has 1 heterocycles. The Kier molecular flexibility index (Phi) is 5.03. The molecule has 0 saturated carbocycles. The molecule has 21 heavy (non-hydrogen) atoms. The van der Waals surface area contributed by atoms with Crippen LogP contribution >= 0.6 is 15.9 Å². The second kappa shape index (κ2) is 6.77. The van der Waals surface area contributed by atoms with E-state index in [2.05, 4.69) is 26.2 Å². The first kappa shape index (κ1) is 15.6. The van der Waals surface area contributed by atoms with E-state index < -0.39 is 5.97 Å². The summed E-state index contributed by atoms with van der Waals surface area (Å²) in [5.74, 6) is -1.49. The fourth-order valence-corrected chi connectivity index (χ4v) is 2.36. The molecule has 112 valence electrons. The summed E-state index contributed by atoms with van der Waals surface area (Å²) in [6, 6.07) is 4.30. The van der Waals surface area contributed by atoms with Crippen molar-refractivity contribution in [2.45, 2.75) is 13.0 Å². The van der Waals surface area contributed by atoms with Crippen LogP contribution in [0.2, 0.25) is 0 Å². The summed E-state index contributed by atoms with van der Waals surface area (Å²) in [4.78, 5) is 11.1. The summed E-state index contributed by atoms with van der Waals surface area (Å²) in [7, 11) is 1.53. The van der Waals surface area contributed by atoms with Crippen molar-refractivity contribution in [1.29, 1.82) is 0 Å². The summed E-state index contributed by atoms with van der Waals surface area (Å²) < 4.78 is 20.1. The van der Waals surface area contributed by atoms with Gasteiger partial charge in [0.25, 0.3) is 0 Å². The molecule has 0 amide bonds. The number of hydrogen-bond acceptors (Lipinski definition) is 4. The number of hydrogen-bond donors (Lipinski definition) is 1. The van der Waals surface area contributed by atoms with Gasteiger partial charge in [-0.05, 0) is 17.7 Å². The lowest BCUT2D eigenvalue weighted by Gasteiger charge is -2.08. The van der Waals surface area contributed by atoms with Gasteiger partial charge in [-0.15, -0.1) is 5.10 Å². The first-order valence-electron chi connectivity index (χ1n) is 6.11. The molecule has 0 aliphatic rings. The third-order valence-electron chi connectivity index (χ3n) is 2.92. The molecule has 0 unspecified atom stereocenters. The minimum absolute atomic E-state index is 0.0923. The van der Waals surface area contributed by atoms with Gasteiger partial charge in [-0.25, -0.2) is 13.9 Å². The lowest BCUT2D eigenvalue weighted by Crippen LogP contribution is -2.12. The number of carboxylic acids is 1. The van der Waals surface area contributed by atoms with E-state index in [0.717, 1.165) is 5.56 Å². The van der Waals surface area contributed by atoms with Crippen molar-refractivity contribution < 1.29 is 19.0 Å². The third-order valence-corrected chi connectivity index (χ3v) is 3.66. The second-order valence-corrected chi connectivity index (χ2v) is 5.18. The first-order valence-corrected chi connectivity index (χ1v) is 6.90. The topological polar surface area (TPSA) is 77.2 Å². The van der Waals surface area contributed by atoms with Crippen molar-refractivity contribution in [3.8, 4) is 0 Å². The Morgan fingerprint density at radius 2 is 2.29 bits per heavy atom. The number of benzene rings is 1. The molecule has 1 aromatic heterocycles. The largest absolute Gasteiger partial charge is 0.476 e. The van der Waals surface area contributed by atoms with Crippen LogP contribution in [-0.4, -0.2) is 39.8 Å². The van der Waals surface area contributed by atoms with E-state index in [1.165, 1.54) is 23.9 Å². The SMILES string of the molecule is COCCc1c(C(=O)O)nnn1Cc1ccc(F)cc1Br. The molecular formula is C13H13BrFN3O3. The smallest absolute Gasteiger partial charge is 0.358 e. The lowest BCUT2D eigenvalue weighted by molar-refractivity contribution is 0.0688. The molecule has 6 nitrogen and oxygen atoms in total. The molecule has 0 aliphatic carbocycles. The van der Waals surface area contributed by atoms with E-state index in [9.17, 15) is 9.18 Å². The molecule has 0 fully saturated rings. The number of aromatic carboxylic acids is 1. The average Bonchev–Trinajstić information content (AvgIpc) is 2.82. The molecule has 0 aliphatic heterocycles. The van der Waals surface area contributed by atoms with Crippen LogP contribution in [-0.2, 0) is 17.7 Å². The normalized spacial score (nSPS) is 10.8. The predicted octanol–water partition coefficient (Wildman–Crippen LogP) is 2.12. The molecule has 1 N–H and O–H groups in total. The van der Waals surface area contributed by atoms with Crippen molar-refractivity contribution in [1.82, 2.24) is 15.0 Å². The van der Waals surface area contributed by atoms with Gasteiger partial charge in [0, 0.05) is 18.0 Å². The zero-order valence-corrected chi connectivity index (χ0v) is 12.8. The monoisotopic (exact) mass is 357 g/mol. The van der Waals surface area contributed by atoms with E-state index >= 15 is 0 Å². The highest BCUT2D eigenvalue weighted by Gasteiger charge is 2.19. The number of methoxy groups -OCH3 is 1.